The first-order valence-electron chi connectivity index (χ1n) is 6.34. The van der Waals surface area contributed by atoms with Crippen LogP contribution in [0.5, 0.6) is 5.75 Å². The lowest BCUT2D eigenvalue weighted by molar-refractivity contribution is 0.289. The Morgan fingerprint density at radius 1 is 1.37 bits per heavy atom. The van der Waals surface area contributed by atoms with Crippen molar-refractivity contribution in [3.05, 3.63) is 45.7 Å². The van der Waals surface area contributed by atoms with Gasteiger partial charge in [-0.25, -0.2) is 9.37 Å². The van der Waals surface area contributed by atoms with Gasteiger partial charge >= 0.3 is 0 Å². The molecule has 1 aliphatic carbocycles. The van der Waals surface area contributed by atoms with Crippen LogP contribution in [-0.4, -0.2) is 4.98 Å². The minimum absolute atomic E-state index is 0.264. The number of benzene rings is 1. The molecule has 3 rings (SSSR count). The number of ether oxygens (including phenoxy) is 1. The molecule has 1 aromatic carbocycles. The quantitative estimate of drug-likeness (QED) is 0.913. The second-order valence-corrected chi connectivity index (χ2v) is 5.78. The maximum atomic E-state index is 13.4. The lowest BCUT2D eigenvalue weighted by atomic mass is 10.2. The smallest absolute Gasteiger partial charge is 0.165 e. The van der Waals surface area contributed by atoms with Crippen LogP contribution in [0.3, 0.4) is 0 Å². The van der Waals surface area contributed by atoms with Crippen LogP contribution in [0.1, 0.15) is 34.3 Å². The van der Waals surface area contributed by atoms with Gasteiger partial charge < -0.3 is 10.5 Å². The van der Waals surface area contributed by atoms with Gasteiger partial charge in [-0.1, -0.05) is 12.1 Å². The summed E-state index contributed by atoms with van der Waals surface area (Å²) >= 11 is 1.57. The summed E-state index contributed by atoms with van der Waals surface area (Å²) in [5.74, 6) is 0.498. The molecule has 100 valence electrons. The van der Waals surface area contributed by atoms with E-state index in [4.69, 9.17) is 10.5 Å². The third-order valence-electron chi connectivity index (χ3n) is 3.11. The third-order valence-corrected chi connectivity index (χ3v) is 4.18. The highest BCUT2D eigenvalue weighted by molar-refractivity contribution is 7.11. The lowest BCUT2D eigenvalue weighted by Gasteiger charge is -2.04. The molecule has 0 aliphatic heterocycles. The van der Waals surface area contributed by atoms with Crippen LogP contribution in [0.25, 0.3) is 0 Å². The highest BCUT2D eigenvalue weighted by Gasteiger charge is 2.29. The number of nitrogens with zero attached hydrogens (tertiary/aromatic N) is 1. The molecule has 0 unspecified atom stereocenters. The summed E-state index contributed by atoms with van der Waals surface area (Å²) in [6.45, 7) is 0.814. The van der Waals surface area contributed by atoms with Gasteiger partial charge in [0.25, 0.3) is 0 Å². The molecule has 0 radical (unpaired) electrons. The van der Waals surface area contributed by atoms with Gasteiger partial charge in [-0.05, 0) is 25.0 Å². The summed E-state index contributed by atoms with van der Waals surface area (Å²) in [7, 11) is 0. The standard InChI is InChI=1S/C14H15FN2OS/c15-10-3-1-2-4-11(10)18-8-13-17-14(9-5-6-9)12(7-16)19-13/h1-4,9H,5-8,16H2. The van der Waals surface area contributed by atoms with Gasteiger partial charge in [0.15, 0.2) is 11.6 Å². The number of hydrogen-bond donors (Lipinski definition) is 1. The Morgan fingerprint density at radius 2 is 2.16 bits per heavy atom. The number of rotatable bonds is 5. The predicted octanol–water partition coefficient (Wildman–Crippen LogP) is 3.20. The highest BCUT2D eigenvalue weighted by Crippen LogP contribution is 2.42. The highest BCUT2D eigenvalue weighted by atomic mass is 32.1. The third kappa shape index (κ3) is 2.77. The van der Waals surface area contributed by atoms with Gasteiger partial charge in [-0.3, -0.25) is 0 Å². The van der Waals surface area contributed by atoms with Gasteiger partial charge in [0, 0.05) is 17.3 Å². The Morgan fingerprint density at radius 3 is 2.84 bits per heavy atom. The van der Waals surface area contributed by atoms with Gasteiger partial charge in [0.1, 0.15) is 11.6 Å². The van der Waals surface area contributed by atoms with Gasteiger partial charge in [0.2, 0.25) is 0 Å². The molecule has 1 fully saturated rings. The zero-order valence-electron chi connectivity index (χ0n) is 10.4. The van der Waals surface area contributed by atoms with E-state index in [1.54, 1.807) is 29.5 Å². The Labute approximate surface area is 115 Å². The van der Waals surface area contributed by atoms with Crippen molar-refractivity contribution in [3.63, 3.8) is 0 Å². The Hall–Kier alpha value is -1.46. The summed E-state index contributed by atoms with van der Waals surface area (Å²) in [5, 5.41) is 0.866. The molecule has 0 spiro atoms. The van der Waals surface area contributed by atoms with E-state index in [1.165, 1.54) is 18.9 Å². The second kappa shape index (κ2) is 5.27. The summed E-state index contributed by atoms with van der Waals surface area (Å²) in [6, 6.07) is 6.40. The predicted molar refractivity (Wildman–Crippen MR) is 72.7 cm³/mol. The molecular formula is C14H15FN2OS. The molecule has 0 atom stereocenters. The zero-order chi connectivity index (χ0) is 13.2. The first-order chi connectivity index (χ1) is 9.28. The number of thiazole rings is 1. The molecule has 1 aromatic heterocycles. The molecule has 1 saturated carbocycles. The van der Waals surface area contributed by atoms with E-state index in [0.29, 0.717) is 19.1 Å². The molecule has 2 N–H and O–H groups in total. The molecule has 2 aromatic rings. The Balaban J connectivity index is 1.71. The van der Waals surface area contributed by atoms with Crippen LogP contribution in [0.2, 0.25) is 0 Å². The van der Waals surface area contributed by atoms with Crippen LogP contribution in [0.4, 0.5) is 4.39 Å². The summed E-state index contributed by atoms with van der Waals surface area (Å²) in [4.78, 5) is 5.71. The molecule has 3 nitrogen and oxygen atoms in total. The van der Waals surface area contributed by atoms with Gasteiger partial charge in [0.05, 0.1) is 5.69 Å². The first-order valence-corrected chi connectivity index (χ1v) is 7.15. The normalized spacial score (nSPS) is 14.6. The van der Waals surface area contributed by atoms with E-state index in [-0.39, 0.29) is 11.6 Å². The van der Waals surface area contributed by atoms with E-state index in [0.717, 1.165) is 15.6 Å². The van der Waals surface area contributed by atoms with Crippen molar-refractivity contribution in [3.8, 4) is 5.75 Å². The van der Waals surface area contributed by atoms with Crippen molar-refractivity contribution in [2.24, 2.45) is 5.73 Å². The van der Waals surface area contributed by atoms with Crippen molar-refractivity contribution in [2.75, 3.05) is 0 Å². The van der Waals surface area contributed by atoms with Crippen molar-refractivity contribution in [1.82, 2.24) is 4.98 Å². The van der Waals surface area contributed by atoms with Crippen LogP contribution < -0.4 is 10.5 Å². The topological polar surface area (TPSA) is 48.1 Å². The fourth-order valence-corrected chi connectivity index (χ4v) is 2.95. The van der Waals surface area contributed by atoms with E-state index in [2.05, 4.69) is 4.98 Å². The van der Waals surface area contributed by atoms with E-state index < -0.39 is 0 Å². The zero-order valence-corrected chi connectivity index (χ0v) is 11.3. The Bertz CT molecular complexity index is 581. The Kier molecular flexibility index (Phi) is 3.48. The molecule has 0 saturated heterocycles. The summed E-state index contributed by atoms with van der Waals surface area (Å²) in [5.41, 5.74) is 6.86. The van der Waals surface area contributed by atoms with Gasteiger partial charge in [-0.2, -0.15) is 0 Å². The minimum Gasteiger partial charge on any atom is -0.483 e. The van der Waals surface area contributed by atoms with Crippen molar-refractivity contribution in [1.29, 1.82) is 0 Å². The minimum atomic E-state index is -0.347. The average Bonchev–Trinajstić information content (AvgIpc) is 3.18. The number of hydrogen-bond acceptors (Lipinski definition) is 4. The summed E-state index contributed by atoms with van der Waals surface area (Å²) < 4.78 is 18.9. The van der Waals surface area contributed by atoms with Crippen molar-refractivity contribution < 1.29 is 9.13 Å². The SMILES string of the molecule is NCc1sc(COc2ccccc2F)nc1C1CC1. The number of halogens is 1. The molecule has 19 heavy (non-hydrogen) atoms. The molecule has 5 heteroatoms. The summed E-state index contributed by atoms with van der Waals surface area (Å²) in [6.07, 6.45) is 2.40. The van der Waals surface area contributed by atoms with Crippen LogP contribution in [0.15, 0.2) is 24.3 Å². The fraction of sp³-hybridized carbons (Fsp3) is 0.357. The maximum Gasteiger partial charge on any atom is 0.165 e. The first kappa shape index (κ1) is 12.6. The largest absolute Gasteiger partial charge is 0.483 e. The molecule has 1 aliphatic rings. The maximum absolute atomic E-state index is 13.4. The van der Waals surface area contributed by atoms with Crippen LogP contribution in [0, 0.1) is 5.82 Å². The molecular weight excluding hydrogens is 263 g/mol. The van der Waals surface area contributed by atoms with Crippen molar-refractivity contribution in [2.45, 2.75) is 31.9 Å². The average molecular weight is 278 g/mol. The molecule has 0 amide bonds. The van der Waals surface area contributed by atoms with E-state index in [1.807, 2.05) is 0 Å². The molecule has 1 heterocycles. The number of para-hydroxylation sites is 1. The fourth-order valence-electron chi connectivity index (χ4n) is 2.00. The van der Waals surface area contributed by atoms with Crippen molar-refractivity contribution >= 4 is 11.3 Å². The van der Waals surface area contributed by atoms with Crippen LogP contribution in [-0.2, 0) is 13.2 Å². The van der Waals surface area contributed by atoms with E-state index in [9.17, 15) is 4.39 Å². The number of aromatic nitrogens is 1. The monoisotopic (exact) mass is 278 g/mol. The van der Waals surface area contributed by atoms with Gasteiger partial charge in [-0.15, -0.1) is 11.3 Å². The second-order valence-electron chi connectivity index (χ2n) is 4.61. The molecule has 0 bridgehead atoms. The number of nitrogens with two attached hydrogens (primary N) is 1. The van der Waals surface area contributed by atoms with Crippen LogP contribution >= 0.6 is 11.3 Å². The van der Waals surface area contributed by atoms with E-state index >= 15 is 0 Å². The lowest BCUT2D eigenvalue weighted by Crippen LogP contribution is -1.97.